The van der Waals surface area contributed by atoms with Crippen LogP contribution in [0.2, 0.25) is 0 Å². The van der Waals surface area contributed by atoms with Gasteiger partial charge in [0.15, 0.2) is 0 Å². The molecule has 1 heterocycles. The van der Waals surface area contributed by atoms with Gasteiger partial charge >= 0.3 is 0 Å². The van der Waals surface area contributed by atoms with Crippen LogP contribution in [0.15, 0.2) is 20.8 Å². The third-order valence-electron chi connectivity index (χ3n) is 5.33. The SMILES string of the molecule is CC(C)(O)c1ncc([SH](=O)=NC(=O)Cc2cc3c(c4c2CCC4)CCC3)s1. The van der Waals surface area contributed by atoms with Gasteiger partial charge in [0, 0.05) is 0 Å². The van der Waals surface area contributed by atoms with Gasteiger partial charge in [0.1, 0.15) is 14.8 Å². The van der Waals surface area contributed by atoms with Crippen molar-refractivity contribution in [1.82, 2.24) is 4.98 Å². The number of rotatable bonds is 4. The molecule has 0 bridgehead atoms. The molecule has 0 radical (unpaired) electrons. The third-order valence-corrected chi connectivity index (χ3v) is 8.08. The van der Waals surface area contributed by atoms with Gasteiger partial charge in [0.25, 0.3) is 5.91 Å². The van der Waals surface area contributed by atoms with Crippen LogP contribution in [0.5, 0.6) is 0 Å². The van der Waals surface area contributed by atoms with Crippen molar-refractivity contribution >= 4 is 27.8 Å². The van der Waals surface area contributed by atoms with E-state index in [1.807, 2.05) is 0 Å². The minimum atomic E-state index is -2.18. The molecule has 0 aliphatic heterocycles. The number of aliphatic hydroxyl groups is 1. The summed E-state index contributed by atoms with van der Waals surface area (Å²) >= 11 is 1.14. The minimum absolute atomic E-state index is 0.216. The molecule has 1 amide bonds. The Kier molecular flexibility index (Phi) is 4.94. The predicted molar refractivity (Wildman–Crippen MR) is 107 cm³/mol. The van der Waals surface area contributed by atoms with Crippen LogP contribution < -0.4 is 0 Å². The summed E-state index contributed by atoms with van der Waals surface area (Å²) in [5.74, 6) is -0.346. The molecule has 2 aliphatic carbocycles. The summed E-state index contributed by atoms with van der Waals surface area (Å²) < 4.78 is 16.8. The van der Waals surface area contributed by atoms with E-state index in [1.165, 1.54) is 34.9 Å². The van der Waals surface area contributed by atoms with Gasteiger partial charge in [-0.1, -0.05) is 6.07 Å². The Morgan fingerprint density at radius 2 is 1.93 bits per heavy atom. The molecule has 2 aliphatic rings. The maximum absolute atomic E-state index is 12.5. The first kappa shape index (κ1) is 18.8. The summed E-state index contributed by atoms with van der Waals surface area (Å²) in [7, 11) is -2.18. The van der Waals surface area contributed by atoms with E-state index >= 15 is 0 Å². The van der Waals surface area contributed by atoms with Crippen molar-refractivity contribution < 1.29 is 14.1 Å². The van der Waals surface area contributed by atoms with Gasteiger partial charge in [-0.05, 0) is 80.2 Å². The molecule has 144 valence electrons. The van der Waals surface area contributed by atoms with E-state index in [9.17, 15) is 14.1 Å². The number of thiol groups is 1. The van der Waals surface area contributed by atoms with E-state index < -0.39 is 16.2 Å². The minimum Gasteiger partial charge on any atom is -0.383 e. The van der Waals surface area contributed by atoms with Gasteiger partial charge in [-0.25, -0.2) is 9.19 Å². The summed E-state index contributed by atoms with van der Waals surface area (Å²) in [6.45, 7) is 3.25. The number of benzene rings is 1. The summed E-state index contributed by atoms with van der Waals surface area (Å²) in [5, 5.41) is 10.5. The monoisotopic (exact) mass is 404 g/mol. The number of aryl methyl sites for hydroxylation is 1. The summed E-state index contributed by atoms with van der Waals surface area (Å²) in [6.07, 6.45) is 8.41. The number of hydrogen-bond acceptors (Lipinski definition) is 5. The molecule has 1 aromatic carbocycles. The molecule has 1 N–H and O–H groups in total. The Labute approximate surface area is 165 Å². The first-order valence-corrected chi connectivity index (χ1v) is 11.4. The molecule has 4 rings (SSSR count). The lowest BCUT2D eigenvalue weighted by Gasteiger charge is -2.12. The van der Waals surface area contributed by atoms with E-state index in [2.05, 4.69) is 15.4 Å². The molecule has 1 atom stereocenters. The van der Waals surface area contributed by atoms with Crippen molar-refractivity contribution in [3.63, 3.8) is 0 Å². The zero-order valence-corrected chi connectivity index (χ0v) is 17.3. The van der Waals surface area contributed by atoms with Crippen LogP contribution in [0.1, 0.15) is 59.5 Å². The van der Waals surface area contributed by atoms with E-state index in [4.69, 9.17) is 0 Å². The highest BCUT2D eigenvalue weighted by molar-refractivity contribution is 7.78. The number of amides is 1. The maximum atomic E-state index is 12.5. The van der Waals surface area contributed by atoms with Gasteiger partial charge in [-0.2, -0.15) is 4.36 Å². The van der Waals surface area contributed by atoms with E-state index in [1.54, 1.807) is 13.8 Å². The standard InChI is InChI=1S/C20H24N2O3S2/c1-20(2,24)19-21-11-18(26-19)27(25)22-17(23)10-13-9-12-5-3-6-14(12)16-8-4-7-15(13)16/h9,11,24,27H,3-8,10H2,1-2H3. The van der Waals surface area contributed by atoms with Gasteiger partial charge in [-0.3, -0.25) is 4.79 Å². The fourth-order valence-corrected chi connectivity index (χ4v) is 6.02. The molecular weight excluding hydrogens is 380 g/mol. The first-order chi connectivity index (χ1) is 12.8. The highest BCUT2D eigenvalue weighted by Gasteiger charge is 2.25. The number of carbonyl (C=O) groups is 1. The lowest BCUT2D eigenvalue weighted by atomic mass is 9.93. The van der Waals surface area contributed by atoms with Gasteiger partial charge in [-0.15, -0.1) is 11.3 Å². The maximum Gasteiger partial charge on any atom is 0.258 e. The summed E-state index contributed by atoms with van der Waals surface area (Å²) in [4.78, 5) is 16.6. The average molecular weight is 405 g/mol. The molecule has 1 aromatic heterocycles. The first-order valence-electron chi connectivity index (χ1n) is 9.38. The average Bonchev–Trinajstić information content (AvgIpc) is 3.32. The van der Waals surface area contributed by atoms with Gasteiger partial charge in [0.2, 0.25) is 0 Å². The second-order valence-corrected chi connectivity index (χ2v) is 10.4. The molecule has 1 unspecified atom stereocenters. The Hall–Kier alpha value is -1.57. The number of hydrogen-bond donors (Lipinski definition) is 2. The Bertz CT molecular complexity index is 995. The van der Waals surface area contributed by atoms with Gasteiger partial charge < -0.3 is 5.11 Å². The largest absolute Gasteiger partial charge is 0.383 e. The van der Waals surface area contributed by atoms with E-state index in [0.717, 1.165) is 49.0 Å². The van der Waals surface area contributed by atoms with Crippen molar-refractivity contribution in [2.24, 2.45) is 4.36 Å². The van der Waals surface area contributed by atoms with Crippen molar-refractivity contribution in [1.29, 1.82) is 0 Å². The highest BCUT2D eigenvalue weighted by Crippen LogP contribution is 2.36. The molecule has 0 fully saturated rings. The fourth-order valence-electron chi connectivity index (χ4n) is 4.14. The second kappa shape index (κ2) is 7.11. The zero-order valence-electron chi connectivity index (χ0n) is 15.6. The lowest BCUT2D eigenvalue weighted by Crippen LogP contribution is -2.14. The molecule has 27 heavy (non-hydrogen) atoms. The Morgan fingerprint density at radius 3 is 2.67 bits per heavy atom. The van der Waals surface area contributed by atoms with Crippen LogP contribution in [0.3, 0.4) is 0 Å². The van der Waals surface area contributed by atoms with Crippen LogP contribution in [0.4, 0.5) is 0 Å². The quantitative estimate of drug-likeness (QED) is 0.768. The highest BCUT2D eigenvalue weighted by atomic mass is 32.2. The Balaban J connectivity index is 1.57. The number of nitrogens with zero attached hydrogens (tertiary/aromatic N) is 2. The third kappa shape index (κ3) is 3.73. The molecular formula is C20H24N2O3S2. The number of carbonyl (C=O) groups excluding carboxylic acids is 1. The fraction of sp³-hybridized carbons (Fsp3) is 0.500. The zero-order chi connectivity index (χ0) is 19.2. The predicted octanol–water partition coefficient (Wildman–Crippen LogP) is 3.14. The van der Waals surface area contributed by atoms with Crippen LogP contribution in [-0.2, 0) is 53.1 Å². The number of aromatic nitrogens is 1. The normalized spacial score (nSPS) is 17.1. The second-order valence-electron chi connectivity index (χ2n) is 7.84. The van der Waals surface area contributed by atoms with Crippen molar-refractivity contribution in [3.05, 3.63) is 45.1 Å². The molecule has 7 heteroatoms. The molecule has 0 saturated carbocycles. The van der Waals surface area contributed by atoms with Crippen molar-refractivity contribution in [2.75, 3.05) is 0 Å². The molecule has 0 saturated heterocycles. The molecule has 2 aromatic rings. The molecule has 5 nitrogen and oxygen atoms in total. The van der Waals surface area contributed by atoms with E-state index in [-0.39, 0.29) is 12.3 Å². The van der Waals surface area contributed by atoms with Gasteiger partial charge in [0.05, 0.1) is 23.2 Å². The van der Waals surface area contributed by atoms with E-state index in [0.29, 0.717) is 9.22 Å². The van der Waals surface area contributed by atoms with Crippen LogP contribution >= 0.6 is 11.3 Å². The topological polar surface area (TPSA) is 79.6 Å². The Morgan fingerprint density at radius 1 is 1.22 bits per heavy atom. The number of thiazole rings is 1. The summed E-state index contributed by atoms with van der Waals surface area (Å²) in [6, 6.07) is 2.19. The summed E-state index contributed by atoms with van der Waals surface area (Å²) in [5.41, 5.74) is 5.69. The molecule has 0 spiro atoms. The van der Waals surface area contributed by atoms with Crippen molar-refractivity contribution in [2.45, 2.75) is 68.6 Å². The van der Waals surface area contributed by atoms with Crippen LogP contribution in [0, 0.1) is 0 Å². The smallest absolute Gasteiger partial charge is 0.258 e. The van der Waals surface area contributed by atoms with Crippen molar-refractivity contribution in [3.8, 4) is 0 Å². The van der Waals surface area contributed by atoms with Crippen LogP contribution in [-0.4, -0.2) is 20.2 Å². The lowest BCUT2D eigenvalue weighted by molar-refractivity contribution is -0.117. The number of fused-ring (bicyclic) bond motifs is 3. The van der Waals surface area contributed by atoms with Crippen LogP contribution in [0.25, 0.3) is 0 Å².